The van der Waals surface area contributed by atoms with Gasteiger partial charge < -0.3 is 14.8 Å². The van der Waals surface area contributed by atoms with Gasteiger partial charge in [-0.05, 0) is 43.0 Å². The zero-order valence-corrected chi connectivity index (χ0v) is 15.1. The number of carboxylic acid groups (broad SMARTS) is 1. The Labute approximate surface area is 157 Å². The first-order valence-corrected chi connectivity index (χ1v) is 9.28. The van der Waals surface area contributed by atoms with E-state index in [4.69, 9.17) is 10.1 Å². The molecule has 1 unspecified atom stereocenters. The summed E-state index contributed by atoms with van der Waals surface area (Å²) in [4.78, 5) is 22.5. The molecular weight excluding hydrogens is 342 g/mol. The zero-order valence-electron chi connectivity index (χ0n) is 15.1. The highest BCUT2D eigenvalue weighted by atomic mass is 16.4. The molecule has 140 valence electrons. The van der Waals surface area contributed by atoms with Gasteiger partial charge in [-0.1, -0.05) is 12.1 Å². The molecule has 0 aliphatic heterocycles. The molecule has 1 aliphatic rings. The molecular formula is C20H23N5O2. The fourth-order valence-electron chi connectivity index (χ4n) is 3.86. The SMILES string of the molecule is O=C(O)NCCN(Cc1cn2ccccc2n1)C1CCCc2cccnc21. The molecule has 1 amide bonds. The van der Waals surface area contributed by atoms with E-state index in [0.717, 1.165) is 36.3 Å². The average molecular weight is 365 g/mol. The normalized spacial score (nSPS) is 16.4. The Bertz CT molecular complexity index is 906. The number of rotatable bonds is 6. The summed E-state index contributed by atoms with van der Waals surface area (Å²) in [5.74, 6) is 0. The molecule has 0 radical (unpaired) electrons. The molecule has 7 heteroatoms. The number of aromatic nitrogens is 3. The summed E-state index contributed by atoms with van der Waals surface area (Å²) in [5.41, 5.74) is 4.29. The van der Waals surface area contributed by atoms with Crippen LogP contribution in [0.4, 0.5) is 4.79 Å². The molecule has 3 aromatic rings. The van der Waals surface area contributed by atoms with Crippen molar-refractivity contribution in [3.8, 4) is 0 Å². The minimum atomic E-state index is -0.996. The van der Waals surface area contributed by atoms with Crippen LogP contribution in [-0.4, -0.2) is 43.6 Å². The number of nitrogens with zero attached hydrogens (tertiary/aromatic N) is 4. The van der Waals surface area contributed by atoms with Crippen LogP contribution in [-0.2, 0) is 13.0 Å². The molecule has 0 saturated carbocycles. The largest absolute Gasteiger partial charge is 0.465 e. The molecule has 7 nitrogen and oxygen atoms in total. The van der Waals surface area contributed by atoms with Gasteiger partial charge in [0, 0.05) is 38.2 Å². The van der Waals surface area contributed by atoms with E-state index in [2.05, 4.69) is 21.3 Å². The number of hydrogen-bond donors (Lipinski definition) is 2. The monoisotopic (exact) mass is 365 g/mol. The number of fused-ring (bicyclic) bond motifs is 2. The van der Waals surface area contributed by atoms with Crippen molar-refractivity contribution in [1.29, 1.82) is 0 Å². The lowest BCUT2D eigenvalue weighted by atomic mass is 9.90. The van der Waals surface area contributed by atoms with Crippen LogP contribution in [0.3, 0.4) is 0 Å². The van der Waals surface area contributed by atoms with Gasteiger partial charge in [0.15, 0.2) is 0 Å². The quantitative estimate of drug-likeness (QED) is 0.702. The van der Waals surface area contributed by atoms with Crippen molar-refractivity contribution in [1.82, 2.24) is 24.6 Å². The Morgan fingerprint density at radius 2 is 2.26 bits per heavy atom. The van der Waals surface area contributed by atoms with Crippen LogP contribution in [0.15, 0.2) is 48.9 Å². The highest BCUT2D eigenvalue weighted by molar-refractivity contribution is 5.64. The minimum Gasteiger partial charge on any atom is -0.465 e. The second-order valence-corrected chi connectivity index (χ2v) is 6.86. The molecule has 0 spiro atoms. The van der Waals surface area contributed by atoms with E-state index in [1.807, 2.05) is 47.3 Å². The van der Waals surface area contributed by atoms with E-state index in [-0.39, 0.29) is 6.04 Å². The van der Waals surface area contributed by atoms with Gasteiger partial charge in [-0.25, -0.2) is 9.78 Å². The minimum absolute atomic E-state index is 0.176. The third-order valence-corrected chi connectivity index (χ3v) is 5.06. The van der Waals surface area contributed by atoms with E-state index in [9.17, 15) is 4.79 Å². The second kappa shape index (κ2) is 7.75. The highest BCUT2D eigenvalue weighted by Crippen LogP contribution is 2.33. The number of hydrogen-bond acceptors (Lipinski definition) is 4. The molecule has 0 fully saturated rings. The topological polar surface area (TPSA) is 82.8 Å². The van der Waals surface area contributed by atoms with Crippen LogP contribution >= 0.6 is 0 Å². The smallest absolute Gasteiger partial charge is 0.404 e. The van der Waals surface area contributed by atoms with Gasteiger partial charge in [-0.3, -0.25) is 9.88 Å². The lowest BCUT2D eigenvalue weighted by Gasteiger charge is -2.34. The third-order valence-electron chi connectivity index (χ3n) is 5.06. The lowest BCUT2D eigenvalue weighted by molar-refractivity contribution is 0.159. The van der Waals surface area contributed by atoms with Crippen LogP contribution in [0.25, 0.3) is 5.65 Å². The van der Waals surface area contributed by atoms with Crippen molar-refractivity contribution < 1.29 is 9.90 Å². The molecule has 4 rings (SSSR count). The summed E-state index contributed by atoms with van der Waals surface area (Å²) in [7, 11) is 0. The van der Waals surface area contributed by atoms with Crippen molar-refractivity contribution in [3.05, 3.63) is 65.9 Å². The van der Waals surface area contributed by atoms with Crippen molar-refractivity contribution >= 4 is 11.7 Å². The number of imidazole rings is 1. The molecule has 0 aromatic carbocycles. The summed E-state index contributed by atoms with van der Waals surface area (Å²) < 4.78 is 2.01. The molecule has 0 bridgehead atoms. The molecule has 2 N–H and O–H groups in total. The Balaban J connectivity index is 1.59. The highest BCUT2D eigenvalue weighted by Gasteiger charge is 2.27. The van der Waals surface area contributed by atoms with Gasteiger partial charge in [-0.15, -0.1) is 0 Å². The van der Waals surface area contributed by atoms with Crippen LogP contribution in [0, 0.1) is 0 Å². The summed E-state index contributed by atoms with van der Waals surface area (Å²) in [6.07, 6.45) is 8.05. The summed E-state index contributed by atoms with van der Waals surface area (Å²) in [6.45, 7) is 1.64. The number of aryl methyl sites for hydroxylation is 1. The van der Waals surface area contributed by atoms with Crippen molar-refractivity contribution in [2.24, 2.45) is 0 Å². The second-order valence-electron chi connectivity index (χ2n) is 6.86. The Morgan fingerprint density at radius 3 is 3.11 bits per heavy atom. The lowest BCUT2D eigenvalue weighted by Crippen LogP contribution is -2.38. The van der Waals surface area contributed by atoms with Gasteiger partial charge in [0.2, 0.25) is 0 Å². The van der Waals surface area contributed by atoms with Gasteiger partial charge in [0.05, 0.1) is 17.4 Å². The average Bonchev–Trinajstić information content (AvgIpc) is 3.09. The van der Waals surface area contributed by atoms with Crippen molar-refractivity contribution in [3.63, 3.8) is 0 Å². The predicted octanol–water partition coefficient (Wildman–Crippen LogP) is 2.88. The van der Waals surface area contributed by atoms with Gasteiger partial charge in [0.25, 0.3) is 0 Å². The first kappa shape index (κ1) is 17.5. The van der Waals surface area contributed by atoms with Crippen molar-refractivity contribution in [2.75, 3.05) is 13.1 Å². The predicted molar refractivity (Wildman–Crippen MR) is 102 cm³/mol. The molecule has 27 heavy (non-hydrogen) atoms. The first-order valence-electron chi connectivity index (χ1n) is 9.28. The molecule has 1 atom stereocenters. The number of nitrogens with one attached hydrogen (secondary N) is 1. The molecule has 3 aromatic heterocycles. The van der Waals surface area contributed by atoms with E-state index >= 15 is 0 Å². The van der Waals surface area contributed by atoms with Gasteiger partial charge in [-0.2, -0.15) is 0 Å². The maximum atomic E-state index is 10.9. The van der Waals surface area contributed by atoms with Crippen LogP contribution in [0.5, 0.6) is 0 Å². The van der Waals surface area contributed by atoms with Gasteiger partial charge >= 0.3 is 6.09 Å². The number of carbonyl (C=O) groups is 1. The fraction of sp³-hybridized carbons (Fsp3) is 0.350. The molecule has 0 saturated heterocycles. The first-order chi connectivity index (χ1) is 13.2. The zero-order chi connectivity index (χ0) is 18.6. The fourth-order valence-corrected chi connectivity index (χ4v) is 3.86. The van der Waals surface area contributed by atoms with E-state index < -0.39 is 6.09 Å². The maximum absolute atomic E-state index is 10.9. The van der Waals surface area contributed by atoms with E-state index in [1.165, 1.54) is 5.56 Å². The standard InChI is InChI=1S/C20H23N5O2/c26-20(27)22-10-12-24(13-16-14-25-11-2-1-8-18(25)23-16)17-7-3-5-15-6-4-9-21-19(15)17/h1-2,4,6,8-9,11,14,17,22H,3,5,7,10,12-13H2,(H,26,27). The van der Waals surface area contributed by atoms with E-state index in [0.29, 0.717) is 19.6 Å². The molecule has 3 heterocycles. The Hall–Kier alpha value is -2.93. The third kappa shape index (κ3) is 3.93. The summed E-state index contributed by atoms with van der Waals surface area (Å²) in [5, 5.41) is 11.4. The maximum Gasteiger partial charge on any atom is 0.404 e. The summed E-state index contributed by atoms with van der Waals surface area (Å²) in [6, 6.07) is 10.2. The van der Waals surface area contributed by atoms with Crippen LogP contribution in [0.2, 0.25) is 0 Å². The number of pyridine rings is 2. The van der Waals surface area contributed by atoms with Crippen LogP contribution < -0.4 is 5.32 Å². The van der Waals surface area contributed by atoms with Gasteiger partial charge in [0.1, 0.15) is 5.65 Å². The van der Waals surface area contributed by atoms with Crippen LogP contribution in [0.1, 0.15) is 35.8 Å². The van der Waals surface area contributed by atoms with E-state index in [1.54, 1.807) is 0 Å². The Morgan fingerprint density at radius 1 is 1.33 bits per heavy atom. The summed E-state index contributed by atoms with van der Waals surface area (Å²) >= 11 is 0. The van der Waals surface area contributed by atoms with Crippen molar-refractivity contribution in [2.45, 2.75) is 31.8 Å². The Kier molecular flexibility index (Phi) is 5.02. The molecule has 1 aliphatic carbocycles. The number of amides is 1.